The normalized spacial score (nSPS) is 16.0. The molecule has 174 valence electrons. The van der Waals surface area contributed by atoms with Gasteiger partial charge in [-0.05, 0) is 48.0 Å². The number of benzene rings is 3. The zero-order chi connectivity index (χ0) is 24.2. The van der Waals surface area contributed by atoms with E-state index in [1.165, 1.54) is 11.8 Å². The predicted octanol–water partition coefficient (Wildman–Crippen LogP) is 4.97. The van der Waals surface area contributed by atoms with Crippen molar-refractivity contribution >= 4 is 51.4 Å². The van der Waals surface area contributed by atoms with E-state index in [1.807, 2.05) is 89.6 Å². The number of para-hydroxylation sites is 2. The van der Waals surface area contributed by atoms with E-state index in [4.69, 9.17) is 10.7 Å². The lowest BCUT2D eigenvalue weighted by Gasteiger charge is -2.15. The molecular formula is C28H24N4O2S. The van der Waals surface area contributed by atoms with E-state index >= 15 is 0 Å². The summed E-state index contributed by atoms with van der Waals surface area (Å²) in [6, 6.07) is 27.5. The van der Waals surface area contributed by atoms with Crippen LogP contribution in [0.1, 0.15) is 11.1 Å². The molecule has 2 heterocycles. The van der Waals surface area contributed by atoms with Crippen molar-refractivity contribution in [1.82, 2.24) is 9.47 Å². The van der Waals surface area contributed by atoms with Crippen LogP contribution in [-0.4, -0.2) is 33.0 Å². The van der Waals surface area contributed by atoms with Crippen molar-refractivity contribution in [3.63, 3.8) is 0 Å². The maximum absolute atomic E-state index is 13.5. The molecule has 1 saturated heterocycles. The third kappa shape index (κ3) is 5.05. The number of hydrogen-bond acceptors (Lipinski definition) is 4. The summed E-state index contributed by atoms with van der Waals surface area (Å²) in [4.78, 5) is 32.2. The van der Waals surface area contributed by atoms with Crippen LogP contribution >= 0.6 is 11.8 Å². The number of hydrogen-bond donors (Lipinski definition) is 1. The van der Waals surface area contributed by atoms with E-state index in [0.717, 1.165) is 34.1 Å². The third-order valence-electron chi connectivity index (χ3n) is 5.77. The molecule has 0 radical (unpaired) electrons. The monoisotopic (exact) mass is 480 g/mol. The van der Waals surface area contributed by atoms with Crippen molar-refractivity contribution in [2.45, 2.75) is 13.0 Å². The van der Waals surface area contributed by atoms with Crippen molar-refractivity contribution in [3.05, 3.63) is 107 Å². The van der Waals surface area contributed by atoms with Crippen LogP contribution in [-0.2, 0) is 22.6 Å². The Kier molecular flexibility index (Phi) is 6.50. The molecule has 2 amide bonds. The molecule has 1 aliphatic rings. The van der Waals surface area contributed by atoms with Gasteiger partial charge in [0.15, 0.2) is 5.17 Å². The molecule has 7 heteroatoms. The number of nitrogens with two attached hydrogens (primary N) is 1. The van der Waals surface area contributed by atoms with Gasteiger partial charge in [0.1, 0.15) is 6.54 Å². The van der Waals surface area contributed by atoms with Gasteiger partial charge in [-0.3, -0.25) is 14.5 Å². The van der Waals surface area contributed by atoms with Crippen LogP contribution in [0.5, 0.6) is 0 Å². The summed E-state index contributed by atoms with van der Waals surface area (Å²) in [7, 11) is 0. The van der Waals surface area contributed by atoms with Gasteiger partial charge in [0, 0.05) is 29.2 Å². The zero-order valence-electron chi connectivity index (χ0n) is 19.0. The van der Waals surface area contributed by atoms with Gasteiger partial charge in [-0.15, -0.1) is 0 Å². The topological polar surface area (TPSA) is 80.7 Å². The lowest BCUT2D eigenvalue weighted by Crippen LogP contribution is -2.31. The fourth-order valence-corrected chi connectivity index (χ4v) is 5.13. The molecule has 1 aliphatic heterocycles. The fraction of sp³-hybridized carbons (Fsp3) is 0.107. The molecule has 0 atom stereocenters. The van der Waals surface area contributed by atoms with Crippen LogP contribution in [0.15, 0.2) is 101 Å². The Bertz CT molecular complexity index is 1440. The third-order valence-corrected chi connectivity index (χ3v) is 6.77. The number of fused-ring (bicyclic) bond motifs is 1. The summed E-state index contributed by atoms with van der Waals surface area (Å²) in [6.45, 7) is 0.608. The minimum Gasteiger partial charge on any atom is -0.368 e. The van der Waals surface area contributed by atoms with Crippen molar-refractivity contribution < 1.29 is 9.59 Å². The van der Waals surface area contributed by atoms with Crippen LogP contribution in [0.4, 0.5) is 5.69 Å². The highest BCUT2D eigenvalue weighted by atomic mass is 32.2. The first-order chi connectivity index (χ1) is 17.1. The molecule has 0 spiro atoms. The van der Waals surface area contributed by atoms with Gasteiger partial charge in [-0.2, -0.15) is 0 Å². The highest BCUT2D eigenvalue weighted by molar-refractivity contribution is 8.18. The summed E-state index contributed by atoms with van der Waals surface area (Å²) in [6.07, 6.45) is 4.49. The highest BCUT2D eigenvalue weighted by Gasteiger charge is 2.33. The summed E-state index contributed by atoms with van der Waals surface area (Å²) >= 11 is 1.37. The van der Waals surface area contributed by atoms with Crippen LogP contribution in [0.3, 0.4) is 0 Å². The second-order valence-corrected chi connectivity index (χ2v) is 9.24. The average Bonchev–Trinajstić information content (AvgIpc) is 3.35. The molecule has 2 N–H and O–H groups in total. The van der Waals surface area contributed by atoms with Crippen molar-refractivity contribution in [2.24, 2.45) is 10.7 Å². The number of aromatic nitrogens is 1. The van der Waals surface area contributed by atoms with Crippen molar-refractivity contribution in [2.75, 3.05) is 6.54 Å². The minimum atomic E-state index is -0.416. The van der Waals surface area contributed by atoms with E-state index in [-0.39, 0.29) is 12.5 Å². The summed E-state index contributed by atoms with van der Waals surface area (Å²) in [5.74, 6) is -0.493. The molecule has 0 bridgehead atoms. The fourth-order valence-electron chi connectivity index (χ4n) is 4.12. The van der Waals surface area contributed by atoms with Gasteiger partial charge < -0.3 is 10.3 Å². The number of amidine groups is 1. The molecule has 1 aromatic heterocycles. The summed E-state index contributed by atoms with van der Waals surface area (Å²) in [5.41, 5.74) is 9.17. The number of amides is 2. The predicted molar refractivity (Wildman–Crippen MR) is 142 cm³/mol. The van der Waals surface area contributed by atoms with E-state index in [1.54, 1.807) is 4.90 Å². The van der Waals surface area contributed by atoms with E-state index in [0.29, 0.717) is 16.6 Å². The first kappa shape index (κ1) is 22.7. The smallest absolute Gasteiger partial charge is 0.266 e. The number of primary amides is 1. The lowest BCUT2D eigenvalue weighted by atomic mass is 10.1. The molecular weight excluding hydrogens is 456 g/mol. The Morgan fingerprint density at radius 1 is 0.943 bits per heavy atom. The number of rotatable bonds is 7. The standard InChI is InChI=1S/C28H24N4O2S/c29-26(33)19-31-18-21(23-13-7-8-14-24(23)31)17-25-27(34)32(16-15-20-9-3-1-4-10-20)28(35-25)30-22-11-5-2-6-12-22/h1-14,17-18H,15-16,19H2,(H2,29,33)/b25-17-,30-28?. The largest absolute Gasteiger partial charge is 0.368 e. The van der Waals surface area contributed by atoms with E-state index in [9.17, 15) is 9.59 Å². The van der Waals surface area contributed by atoms with Gasteiger partial charge >= 0.3 is 0 Å². The lowest BCUT2D eigenvalue weighted by molar-refractivity contribution is -0.122. The van der Waals surface area contributed by atoms with Crippen LogP contribution in [0, 0.1) is 0 Å². The van der Waals surface area contributed by atoms with E-state index < -0.39 is 5.91 Å². The SMILES string of the molecule is NC(=O)Cn1cc(/C=C2\SC(=Nc3ccccc3)N(CCc3ccccc3)C2=O)c2ccccc21. The molecule has 1 fully saturated rings. The van der Waals surface area contributed by atoms with Gasteiger partial charge in [-0.25, -0.2) is 4.99 Å². The molecule has 6 nitrogen and oxygen atoms in total. The molecule has 4 aromatic rings. The summed E-state index contributed by atoms with van der Waals surface area (Å²) < 4.78 is 1.82. The zero-order valence-corrected chi connectivity index (χ0v) is 19.8. The number of carbonyl (C=O) groups excluding carboxylic acids is 2. The van der Waals surface area contributed by atoms with Gasteiger partial charge in [0.2, 0.25) is 5.91 Å². The maximum atomic E-state index is 13.5. The summed E-state index contributed by atoms with van der Waals surface area (Å²) in [5, 5.41) is 1.61. The molecule has 3 aromatic carbocycles. The molecule has 0 aliphatic carbocycles. The Hall–Kier alpha value is -4.10. The Balaban J connectivity index is 1.50. The first-order valence-electron chi connectivity index (χ1n) is 11.3. The Morgan fingerprint density at radius 2 is 1.63 bits per heavy atom. The molecule has 35 heavy (non-hydrogen) atoms. The van der Waals surface area contributed by atoms with Gasteiger partial charge in [0.25, 0.3) is 5.91 Å². The first-order valence-corrected chi connectivity index (χ1v) is 12.2. The number of aliphatic imine (C=N–C) groups is 1. The number of nitrogens with zero attached hydrogens (tertiary/aromatic N) is 3. The van der Waals surface area contributed by atoms with Crippen molar-refractivity contribution in [1.29, 1.82) is 0 Å². The number of thioether (sulfide) groups is 1. The highest BCUT2D eigenvalue weighted by Crippen LogP contribution is 2.35. The Labute approximate surface area is 207 Å². The van der Waals surface area contributed by atoms with Gasteiger partial charge in [-0.1, -0.05) is 66.7 Å². The molecule has 0 unspecified atom stereocenters. The second-order valence-electron chi connectivity index (χ2n) is 8.23. The minimum absolute atomic E-state index is 0.0765. The van der Waals surface area contributed by atoms with Crippen LogP contribution in [0.2, 0.25) is 0 Å². The number of carbonyl (C=O) groups is 2. The molecule has 5 rings (SSSR count). The second kappa shape index (κ2) is 10.0. The van der Waals surface area contributed by atoms with Gasteiger partial charge in [0.05, 0.1) is 10.6 Å². The van der Waals surface area contributed by atoms with Crippen LogP contribution < -0.4 is 5.73 Å². The average molecular weight is 481 g/mol. The van der Waals surface area contributed by atoms with Crippen molar-refractivity contribution in [3.8, 4) is 0 Å². The van der Waals surface area contributed by atoms with Crippen LogP contribution in [0.25, 0.3) is 17.0 Å². The Morgan fingerprint density at radius 3 is 2.37 bits per heavy atom. The quantitative estimate of drug-likeness (QED) is 0.379. The maximum Gasteiger partial charge on any atom is 0.266 e. The van der Waals surface area contributed by atoms with E-state index in [2.05, 4.69) is 12.1 Å². The molecule has 0 saturated carbocycles.